The van der Waals surface area contributed by atoms with E-state index in [0.717, 1.165) is 11.1 Å². The molecule has 3 aromatic rings. The maximum absolute atomic E-state index is 14.9. The van der Waals surface area contributed by atoms with Crippen LogP contribution < -0.4 is 4.74 Å². The first kappa shape index (κ1) is 16.2. The fourth-order valence-electron chi connectivity index (χ4n) is 3.27. The summed E-state index contributed by atoms with van der Waals surface area (Å²) in [5.74, 6) is -1.31. The number of rotatable bonds is 1. The van der Waals surface area contributed by atoms with E-state index >= 15 is 0 Å². The summed E-state index contributed by atoms with van der Waals surface area (Å²) in [6.45, 7) is 3.92. The van der Waals surface area contributed by atoms with Crippen LogP contribution >= 0.6 is 12.2 Å². The molecule has 0 bridgehead atoms. The highest BCUT2D eigenvalue weighted by Crippen LogP contribution is 2.40. The monoisotopic (exact) mass is 354 g/mol. The molecule has 1 aliphatic rings. The lowest BCUT2D eigenvalue weighted by molar-refractivity contribution is 0.472. The fourth-order valence-corrected chi connectivity index (χ4v) is 3.44. The van der Waals surface area contributed by atoms with Gasteiger partial charge in [-0.1, -0.05) is 48.9 Å². The van der Waals surface area contributed by atoms with Crippen LogP contribution in [0.3, 0.4) is 0 Å². The highest BCUT2D eigenvalue weighted by molar-refractivity contribution is 7.80. The minimum Gasteiger partial charge on any atom is -0.449 e. The normalized spacial score (nSPS) is 16.6. The Morgan fingerprint density at radius 1 is 1.04 bits per heavy atom. The molecule has 0 saturated heterocycles. The second kappa shape index (κ2) is 5.88. The van der Waals surface area contributed by atoms with Gasteiger partial charge in [-0.2, -0.15) is 0 Å². The first-order chi connectivity index (χ1) is 12.0. The topological polar surface area (TPSA) is 9.23 Å². The molecule has 4 heteroatoms. The van der Waals surface area contributed by atoms with Crippen molar-refractivity contribution in [2.45, 2.75) is 20.3 Å². The van der Waals surface area contributed by atoms with Crippen molar-refractivity contribution in [3.63, 3.8) is 0 Å². The van der Waals surface area contributed by atoms with Gasteiger partial charge in [0.2, 0.25) is 0 Å². The van der Waals surface area contributed by atoms with E-state index in [1.807, 2.05) is 38.1 Å². The quantitative estimate of drug-likeness (QED) is 0.496. The molecular formula is C21H16F2OS. The van der Waals surface area contributed by atoms with Crippen LogP contribution in [-0.4, -0.2) is 5.05 Å². The van der Waals surface area contributed by atoms with Crippen LogP contribution in [0.1, 0.15) is 18.1 Å². The Morgan fingerprint density at radius 3 is 2.48 bits per heavy atom. The molecule has 0 aliphatic carbocycles. The van der Waals surface area contributed by atoms with Gasteiger partial charge in [0, 0.05) is 11.5 Å². The van der Waals surface area contributed by atoms with E-state index in [9.17, 15) is 8.78 Å². The zero-order valence-corrected chi connectivity index (χ0v) is 14.7. The molecule has 25 heavy (non-hydrogen) atoms. The lowest BCUT2D eigenvalue weighted by atomic mass is 9.93. The molecule has 126 valence electrons. The van der Waals surface area contributed by atoms with E-state index in [0.29, 0.717) is 28.2 Å². The van der Waals surface area contributed by atoms with Crippen molar-refractivity contribution in [3.8, 4) is 16.9 Å². The molecule has 1 unspecified atom stereocenters. The number of halogens is 2. The Balaban J connectivity index is 1.97. The Hall–Kier alpha value is -2.33. The summed E-state index contributed by atoms with van der Waals surface area (Å²) in [6.07, 6.45) is 0.672. The van der Waals surface area contributed by atoms with Gasteiger partial charge in [0.25, 0.3) is 0 Å². The van der Waals surface area contributed by atoms with Crippen molar-refractivity contribution in [3.05, 3.63) is 65.2 Å². The van der Waals surface area contributed by atoms with Crippen molar-refractivity contribution < 1.29 is 13.5 Å². The van der Waals surface area contributed by atoms with Crippen LogP contribution in [0.2, 0.25) is 0 Å². The number of fused-ring (bicyclic) bond motifs is 3. The molecular weight excluding hydrogens is 338 g/mol. The van der Waals surface area contributed by atoms with E-state index < -0.39 is 11.6 Å². The molecule has 3 aromatic carbocycles. The highest BCUT2D eigenvalue weighted by Gasteiger charge is 2.26. The van der Waals surface area contributed by atoms with E-state index in [4.69, 9.17) is 17.0 Å². The average Bonchev–Trinajstić information content (AvgIpc) is 2.59. The molecule has 0 fully saturated rings. The van der Waals surface area contributed by atoms with Crippen molar-refractivity contribution in [1.82, 2.24) is 0 Å². The number of benzene rings is 3. The smallest absolute Gasteiger partial charge is 0.171 e. The summed E-state index contributed by atoms with van der Waals surface area (Å²) in [5, 5.41) is 1.19. The first-order valence-electron chi connectivity index (χ1n) is 8.18. The van der Waals surface area contributed by atoms with Crippen molar-refractivity contribution in [2.75, 3.05) is 0 Å². The molecule has 0 saturated carbocycles. The first-order valence-corrected chi connectivity index (χ1v) is 8.59. The van der Waals surface area contributed by atoms with Gasteiger partial charge in [0.1, 0.15) is 5.75 Å². The summed E-state index contributed by atoms with van der Waals surface area (Å²) in [7, 11) is 0. The van der Waals surface area contributed by atoms with Gasteiger partial charge < -0.3 is 4.74 Å². The summed E-state index contributed by atoms with van der Waals surface area (Å²) in [4.78, 5) is 0. The van der Waals surface area contributed by atoms with Crippen molar-refractivity contribution >= 4 is 28.0 Å². The molecule has 0 aromatic heterocycles. The van der Waals surface area contributed by atoms with Gasteiger partial charge in [-0.05, 0) is 48.1 Å². The number of aryl methyl sites for hydroxylation is 1. The minimum atomic E-state index is -0.887. The molecule has 4 rings (SSSR count). The Bertz CT molecular complexity index is 1010. The van der Waals surface area contributed by atoms with Crippen LogP contribution in [0.4, 0.5) is 8.78 Å². The van der Waals surface area contributed by atoms with Crippen LogP contribution in [0.15, 0.2) is 42.5 Å². The molecule has 0 spiro atoms. The SMILES string of the molecule is Cc1ccc(-c2cc3ccc4c(c3c(F)c2F)OC(=S)C(C)C4)cc1. The number of ether oxygens (including phenoxy) is 1. The van der Waals surface area contributed by atoms with E-state index in [-0.39, 0.29) is 16.9 Å². The lowest BCUT2D eigenvalue weighted by Gasteiger charge is -2.24. The van der Waals surface area contributed by atoms with E-state index in [1.165, 1.54) is 0 Å². The van der Waals surface area contributed by atoms with Gasteiger partial charge in [0.05, 0.1) is 5.39 Å². The highest BCUT2D eigenvalue weighted by atomic mass is 32.1. The van der Waals surface area contributed by atoms with Crippen molar-refractivity contribution in [2.24, 2.45) is 5.92 Å². The Labute approximate surface area is 150 Å². The molecule has 0 amide bonds. The van der Waals surface area contributed by atoms with E-state index in [1.54, 1.807) is 18.2 Å². The van der Waals surface area contributed by atoms with Crippen LogP contribution in [0.5, 0.6) is 5.75 Å². The van der Waals surface area contributed by atoms with Crippen LogP contribution in [0.25, 0.3) is 21.9 Å². The third-order valence-electron chi connectivity index (χ3n) is 4.71. The Morgan fingerprint density at radius 2 is 1.76 bits per heavy atom. The second-order valence-corrected chi connectivity index (χ2v) is 7.00. The van der Waals surface area contributed by atoms with Crippen molar-refractivity contribution in [1.29, 1.82) is 0 Å². The Kier molecular flexibility index (Phi) is 3.80. The molecule has 1 aliphatic heterocycles. The number of thiocarbonyl (C=S) groups is 1. The predicted molar refractivity (Wildman–Crippen MR) is 100 cm³/mol. The third kappa shape index (κ3) is 2.61. The number of hydrogen-bond donors (Lipinski definition) is 0. The van der Waals surface area contributed by atoms with Gasteiger partial charge >= 0.3 is 0 Å². The average molecular weight is 354 g/mol. The summed E-state index contributed by atoms with van der Waals surface area (Å²) in [6, 6.07) is 12.8. The number of hydrogen-bond acceptors (Lipinski definition) is 2. The fraction of sp³-hybridized carbons (Fsp3) is 0.190. The van der Waals surface area contributed by atoms with Gasteiger partial charge in [0.15, 0.2) is 16.7 Å². The predicted octanol–water partition coefficient (Wildman–Crippen LogP) is 5.99. The molecule has 1 atom stereocenters. The zero-order valence-electron chi connectivity index (χ0n) is 13.9. The zero-order chi connectivity index (χ0) is 17.7. The standard InChI is InChI=1S/C21H16F2OS/c1-11-3-5-13(6-4-11)16-10-14-7-8-15-9-12(2)21(25)24-20(15)17(14)19(23)18(16)22/h3-8,10,12H,9H2,1-2H3. The largest absolute Gasteiger partial charge is 0.449 e. The van der Waals surface area contributed by atoms with Gasteiger partial charge in [-0.15, -0.1) is 0 Å². The molecule has 1 nitrogen and oxygen atoms in total. The maximum Gasteiger partial charge on any atom is 0.171 e. The summed E-state index contributed by atoms with van der Waals surface area (Å²) < 4.78 is 35.4. The van der Waals surface area contributed by atoms with E-state index in [2.05, 4.69) is 0 Å². The summed E-state index contributed by atoms with van der Waals surface area (Å²) in [5.41, 5.74) is 2.81. The third-order valence-corrected chi connectivity index (χ3v) is 5.20. The maximum atomic E-state index is 14.9. The second-order valence-electron chi connectivity index (χ2n) is 6.60. The van der Waals surface area contributed by atoms with Crippen LogP contribution in [-0.2, 0) is 6.42 Å². The van der Waals surface area contributed by atoms with Gasteiger partial charge in [-0.3, -0.25) is 0 Å². The lowest BCUT2D eigenvalue weighted by Crippen LogP contribution is -2.23. The minimum absolute atomic E-state index is 0.0830. The molecule has 1 heterocycles. The van der Waals surface area contributed by atoms with Gasteiger partial charge in [-0.25, -0.2) is 8.78 Å². The molecule has 0 N–H and O–H groups in total. The van der Waals surface area contributed by atoms with Crippen LogP contribution in [0, 0.1) is 24.5 Å². The summed E-state index contributed by atoms with van der Waals surface area (Å²) >= 11 is 5.22. The molecule has 0 radical (unpaired) electrons.